The average molecular weight is 237 g/mol. The Labute approximate surface area is 98.3 Å². The molecule has 2 aromatic rings. The third kappa shape index (κ3) is 3.03. The molecular formula is C10H15N5S. The van der Waals surface area contributed by atoms with Crippen LogP contribution in [-0.4, -0.2) is 26.7 Å². The topological polar surface area (TPSA) is 66.5 Å². The molecule has 2 rings (SSSR count). The second-order valence-electron chi connectivity index (χ2n) is 3.46. The van der Waals surface area contributed by atoms with Crippen LogP contribution in [0.4, 0.5) is 5.13 Å². The number of H-pyrrole nitrogens is 1. The Balaban J connectivity index is 1.68. The number of thiazole rings is 1. The highest BCUT2D eigenvalue weighted by Gasteiger charge is 1.99. The molecule has 16 heavy (non-hydrogen) atoms. The fourth-order valence-corrected chi connectivity index (χ4v) is 2.18. The summed E-state index contributed by atoms with van der Waals surface area (Å²) in [4.78, 5) is 8.51. The van der Waals surface area contributed by atoms with Crippen molar-refractivity contribution in [3.05, 3.63) is 23.2 Å². The van der Waals surface area contributed by atoms with Gasteiger partial charge in [-0.25, -0.2) is 9.97 Å². The summed E-state index contributed by atoms with van der Waals surface area (Å²) in [6.45, 7) is 3.03. The van der Waals surface area contributed by atoms with Crippen molar-refractivity contribution < 1.29 is 0 Å². The molecule has 0 aliphatic carbocycles. The van der Waals surface area contributed by atoms with Crippen molar-refractivity contribution in [1.29, 1.82) is 0 Å². The van der Waals surface area contributed by atoms with Crippen LogP contribution in [0.5, 0.6) is 0 Å². The fraction of sp³-hybridized carbons (Fsp3) is 0.500. The van der Waals surface area contributed by atoms with Gasteiger partial charge in [0.15, 0.2) is 5.13 Å². The number of rotatable bonds is 6. The molecule has 0 aromatic carbocycles. The monoisotopic (exact) mass is 237 g/mol. The number of hydrogen-bond acceptors (Lipinski definition) is 5. The summed E-state index contributed by atoms with van der Waals surface area (Å²) in [5.41, 5.74) is 1.16. The van der Waals surface area contributed by atoms with E-state index < -0.39 is 0 Å². The van der Waals surface area contributed by atoms with E-state index in [0.717, 1.165) is 42.5 Å². The molecule has 0 spiro atoms. The van der Waals surface area contributed by atoms with Crippen LogP contribution in [0.25, 0.3) is 0 Å². The molecule has 6 heteroatoms. The zero-order valence-electron chi connectivity index (χ0n) is 9.23. The summed E-state index contributed by atoms with van der Waals surface area (Å²) in [5, 5.41) is 13.1. The van der Waals surface area contributed by atoms with E-state index in [-0.39, 0.29) is 0 Å². The number of aromatic amines is 1. The number of nitrogens with zero attached hydrogens (tertiary/aromatic N) is 3. The zero-order chi connectivity index (χ0) is 11.2. The minimum Gasteiger partial charge on any atom is -0.362 e. The van der Waals surface area contributed by atoms with E-state index in [2.05, 4.69) is 37.8 Å². The molecule has 0 bridgehead atoms. The van der Waals surface area contributed by atoms with Gasteiger partial charge in [-0.15, -0.1) is 11.3 Å². The SMILES string of the molecule is CCc1csc(NCCCc2ncn[nH]2)n1. The first kappa shape index (κ1) is 11.1. The molecular weight excluding hydrogens is 222 g/mol. The highest BCUT2D eigenvalue weighted by atomic mass is 32.1. The molecule has 2 N–H and O–H groups in total. The van der Waals surface area contributed by atoms with E-state index in [4.69, 9.17) is 0 Å². The molecule has 0 radical (unpaired) electrons. The summed E-state index contributed by atoms with van der Waals surface area (Å²) >= 11 is 1.66. The molecule has 0 saturated heterocycles. The molecule has 2 heterocycles. The smallest absolute Gasteiger partial charge is 0.182 e. The summed E-state index contributed by atoms with van der Waals surface area (Å²) in [6, 6.07) is 0. The third-order valence-electron chi connectivity index (χ3n) is 2.25. The lowest BCUT2D eigenvalue weighted by Crippen LogP contribution is -2.03. The van der Waals surface area contributed by atoms with E-state index >= 15 is 0 Å². The summed E-state index contributed by atoms with van der Waals surface area (Å²) in [7, 11) is 0. The second kappa shape index (κ2) is 5.60. The van der Waals surface area contributed by atoms with Crippen molar-refractivity contribution in [3.63, 3.8) is 0 Å². The van der Waals surface area contributed by atoms with Gasteiger partial charge >= 0.3 is 0 Å². The lowest BCUT2D eigenvalue weighted by Gasteiger charge is -2.00. The van der Waals surface area contributed by atoms with Crippen molar-refractivity contribution in [2.45, 2.75) is 26.2 Å². The molecule has 0 fully saturated rings. The van der Waals surface area contributed by atoms with Gasteiger partial charge in [0.1, 0.15) is 12.2 Å². The van der Waals surface area contributed by atoms with Gasteiger partial charge in [-0.1, -0.05) is 6.92 Å². The number of aromatic nitrogens is 4. The Kier molecular flexibility index (Phi) is 3.87. The number of hydrogen-bond donors (Lipinski definition) is 2. The quantitative estimate of drug-likeness (QED) is 0.753. The van der Waals surface area contributed by atoms with E-state index in [1.807, 2.05) is 0 Å². The van der Waals surface area contributed by atoms with E-state index in [1.165, 1.54) is 6.33 Å². The third-order valence-corrected chi connectivity index (χ3v) is 3.09. The first-order chi connectivity index (χ1) is 7.88. The van der Waals surface area contributed by atoms with E-state index in [1.54, 1.807) is 11.3 Å². The Morgan fingerprint density at radius 1 is 1.50 bits per heavy atom. The Bertz CT molecular complexity index is 409. The van der Waals surface area contributed by atoms with Crippen LogP contribution in [0.15, 0.2) is 11.7 Å². The van der Waals surface area contributed by atoms with Crippen molar-refractivity contribution in [1.82, 2.24) is 20.2 Å². The van der Waals surface area contributed by atoms with Crippen molar-refractivity contribution in [3.8, 4) is 0 Å². The molecule has 86 valence electrons. The zero-order valence-corrected chi connectivity index (χ0v) is 10.0. The van der Waals surface area contributed by atoms with Crippen LogP contribution < -0.4 is 5.32 Å². The van der Waals surface area contributed by atoms with Crippen LogP contribution in [0.3, 0.4) is 0 Å². The predicted molar refractivity (Wildman–Crippen MR) is 64.7 cm³/mol. The first-order valence-electron chi connectivity index (χ1n) is 5.41. The van der Waals surface area contributed by atoms with Gasteiger partial charge < -0.3 is 5.32 Å². The van der Waals surface area contributed by atoms with Crippen LogP contribution in [0.2, 0.25) is 0 Å². The molecule has 0 aliphatic heterocycles. The predicted octanol–water partition coefficient (Wildman–Crippen LogP) is 1.87. The first-order valence-corrected chi connectivity index (χ1v) is 6.29. The molecule has 2 aromatic heterocycles. The van der Waals surface area contributed by atoms with Crippen LogP contribution in [-0.2, 0) is 12.8 Å². The van der Waals surface area contributed by atoms with Crippen molar-refractivity contribution in [2.75, 3.05) is 11.9 Å². The highest BCUT2D eigenvalue weighted by molar-refractivity contribution is 7.13. The van der Waals surface area contributed by atoms with Crippen LogP contribution in [0, 0.1) is 0 Å². The number of aryl methyl sites for hydroxylation is 2. The Morgan fingerprint density at radius 3 is 3.12 bits per heavy atom. The van der Waals surface area contributed by atoms with E-state index in [0.29, 0.717) is 0 Å². The average Bonchev–Trinajstić information content (AvgIpc) is 2.95. The minimum absolute atomic E-state index is 0.914. The maximum atomic E-state index is 4.43. The van der Waals surface area contributed by atoms with Crippen molar-refractivity contribution >= 4 is 16.5 Å². The minimum atomic E-state index is 0.914. The molecule has 5 nitrogen and oxygen atoms in total. The van der Waals surface area contributed by atoms with Gasteiger partial charge in [0, 0.05) is 18.3 Å². The Hall–Kier alpha value is -1.43. The molecule has 0 aliphatic rings. The summed E-state index contributed by atoms with van der Waals surface area (Å²) in [5.74, 6) is 0.940. The molecule has 0 unspecified atom stereocenters. The highest BCUT2D eigenvalue weighted by Crippen LogP contribution is 2.15. The standard InChI is InChI=1S/C10H15N5S/c1-2-8-6-16-10(14-8)11-5-3-4-9-12-7-13-15-9/h6-7H,2-5H2,1H3,(H,11,14)(H,12,13,15). The molecule has 0 amide bonds. The maximum Gasteiger partial charge on any atom is 0.182 e. The largest absolute Gasteiger partial charge is 0.362 e. The lowest BCUT2D eigenvalue weighted by molar-refractivity contribution is 0.804. The normalized spacial score (nSPS) is 10.6. The molecule has 0 atom stereocenters. The Morgan fingerprint density at radius 2 is 2.44 bits per heavy atom. The number of anilines is 1. The lowest BCUT2D eigenvalue weighted by atomic mass is 10.3. The van der Waals surface area contributed by atoms with Crippen molar-refractivity contribution in [2.24, 2.45) is 0 Å². The second-order valence-corrected chi connectivity index (χ2v) is 4.32. The van der Waals surface area contributed by atoms with Gasteiger partial charge in [0.05, 0.1) is 5.69 Å². The van der Waals surface area contributed by atoms with Crippen LogP contribution in [0.1, 0.15) is 24.9 Å². The van der Waals surface area contributed by atoms with Crippen LogP contribution >= 0.6 is 11.3 Å². The van der Waals surface area contributed by atoms with Gasteiger partial charge in [0.25, 0.3) is 0 Å². The van der Waals surface area contributed by atoms with Gasteiger partial charge in [-0.3, -0.25) is 5.10 Å². The molecule has 0 saturated carbocycles. The fourth-order valence-electron chi connectivity index (χ4n) is 1.35. The van der Waals surface area contributed by atoms with Gasteiger partial charge in [0.2, 0.25) is 0 Å². The maximum absolute atomic E-state index is 4.43. The summed E-state index contributed by atoms with van der Waals surface area (Å²) in [6.07, 6.45) is 4.47. The summed E-state index contributed by atoms with van der Waals surface area (Å²) < 4.78 is 0. The van der Waals surface area contributed by atoms with E-state index in [9.17, 15) is 0 Å². The number of nitrogens with one attached hydrogen (secondary N) is 2. The van der Waals surface area contributed by atoms with Gasteiger partial charge in [-0.2, -0.15) is 5.10 Å². The van der Waals surface area contributed by atoms with Gasteiger partial charge in [-0.05, 0) is 12.8 Å².